The molecule has 0 saturated heterocycles. The highest BCUT2D eigenvalue weighted by Gasteiger charge is 2.42. The van der Waals surface area contributed by atoms with E-state index in [1.807, 2.05) is 7.05 Å². The van der Waals surface area contributed by atoms with Crippen molar-refractivity contribution >= 4 is 34.7 Å². The van der Waals surface area contributed by atoms with E-state index in [9.17, 15) is 5.21 Å². The zero-order valence-electron chi connectivity index (χ0n) is 15.9. The minimum absolute atomic E-state index is 0.0826. The Morgan fingerprint density at radius 1 is 1.14 bits per heavy atom. The van der Waals surface area contributed by atoms with E-state index < -0.39 is 0 Å². The van der Waals surface area contributed by atoms with Crippen LogP contribution in [0.2, 0.25) is 10.0 Å². The number of fused-ring (bicyclic) bond motifs is 1. The predicted octanol–water partition coefficient (Wildman–Crippen LogP) is 4.44. The van der Waals surface area contributed by atoms with Gasteiger partial charge < -0.3 is 14.8 Å². The number of halogens is 2. The minimum atomic E-state index is -0.373. The summed E-state index contributed by atoms with van der Waals surface area (Å²) in [6.07, 6.45) is 8.20. The molecule has 2 aromatic heterocycles. The largest absolute Gasteiger partial charge is 0.626 e. The van der Waals surface area contributed by atoms with Crippen molar-refractivity contribution in [3.05, 3.63) is 52.0 Å². The van der Waals surface area contributed by atoms with E-state index in [0.717, 1.165) is 30.5 Å². The predicted molar refractivity (Wildman–Crippen MR) is 116 cm³/mol. The Hall–Kier alpha value is -2.19. The summed E-state index contributed by atoms with van der Waals surface area (Å²) in [5.41, 5.74) is 1.56. The highest BCUT2D eigenvalue weighted by atomic mass is 35.5. The fourth-order valence-corrected chi connectivity index (χ4v) is 4.59. The van der Waals surface area contributed by atoms with Crippen LogP contribution in [0.1, 0.15) is 19.3 Å². The van der Waals surface area contributed by atoms with E-state index in [4.69, 9.17) is 28.2 Å². The summed E-state index contributed by atoms with van der Waals surface area (Å²) in [4.78, 5) is 15.8. The Kier molecular flexibility index (Phi) is 4.51. The van der Waals surface area contributed by atoms with Crippen molar-refractivity contribution in [1.29, 1.82) is 0 Å². The smallest absolute Gasteiger partial charge is 0.256 e. The summed E-state index contributed by atoms with van der Waals surface area (Å²) in [7, 11) is 1.97. The highest BCUT2D eigenvalue weighted by Crippen LogP contribution is 2.42. The van der Waals surface area contributed by atoms with Gasteiger partial charge in [0.15, 0.2) is 0 Å². The number of hydrogen-bond donors (Lipinski definition) is 0. The Morgan fingerprint density at radius 3 is 2.59 bits per heavy atom. The molecule has 1 aromatic carbocycles. The number of hydroxylamine groups is 2. The third-order valence-corrected chi connectivity index (χ3v) is 6.35. The maximum absolute atomic E-state index is 13.8. The Bertz CT molecular complexity index is 1060. The standard InChI is InChI=1S/C20H20Cl2N6O/c1-26-7-8-28(29,16-3-2-4-16)19-17(26)12-24-20(25-19)27-6-5-23-18(27)13-9-14(21)11-15(22)10-13/h5-6,9-12,16H,2-4,7-8H2,1H3. The molecule has 0 bridgehead atoms. The monoisotopic (exact) mass is 430 g/mol. The van der Waals surface area contributed by atoms with Gasteiger partial charge in [-0.15, -0.1) is 0 Å². The summed E-state index contributed by atoms with van der Waals surface area (Å²) in [5.74, 6) is 1.57. The molecule has 1 aliphatic carbocycles. The normalized spacial score (nSPS) is 21.7. The number of rotatable bonds is 3. The van der Waals surface area contributed by atoms with Crippen molar-refractivity contribution in [2.45, 2.75) is 25.3 Å². The molecule has 7 nitrogen and oxygen atoms in total. The van der Waals surface area contributed by atoms with Crippen LogP contribution in [0.4, 0.5) is 11.5 Å². The lowest BCUT2D eigenvalue weighted by molar-refractivity contribution is 0.180. The molecule has 0 amide bonds. The lowest BCUT2D eigenvalue weighted by atomic mass is 9.90. The van der Waals surface area contributed by atoms with Gasteiger partial charge in [0.1, 0.15) is 18.1 Å². The fraction of sp³-hybridized carbons (Fsp3) is 0.350. The minimum Gasteiger partial charge on any atom is -0.626 e. The Labute approximate surface area is 178 Å². The Balaban J connectivity index is 1.63. The summed E-state index contributed by atoms with van der Waals surface area (Å²) >= 11 is 12.3. The molecule has 29 heavy (non-hydrogen) atoms. The molecule has 9 heteroatoms. The number of anilines is 1. The van der Waals surface area contributed by atoms with Gasteiger partial charge in [0.2, 0.25) is 5.95 Å². The second kappa shape index (κ2) is 6.95. The van der Waals surface area contributed by atoms with Gasteiger partial charge in [0, 0.05) is 47.9 Å². The van der Waals surface area contributed by atoms with E-state index in [1.165, 1.54) is 0 Å². The van der Waals surface area contributed by atoms with Gasteiger partial charge in [-0.05, 0) is 24.6 Å². The van der Waals surface area contributed by atoms with Crippen molar-refractivity contribution in [1.82, 2.24) is 24.2 Å². The van der Waals surface area contributed by atoms with Gasteiger partial charge in [0.25, 0.3) is 5.82 Å². The molecule has 0 N–H and O–H groups in total. The summed E-state index contributed by atoms with van der Waals surface area (Å²) in [5, 5.41) is 14.8. The van der Waals surface area contributed by atoms with Crippen LogP contribution in [0.5, 0.6) is 0 Å². The molecular weight excluding hydrogens is 411 g/mol. The molecule has 5 rings (SSSR count). The van der Waals surface area contributed by atoms with Gasteiger partial charge >= 0.3 is 0 Å². The highest BCUT2D eigenvalue weighted by molar-refractivity contribution is 6.35. The van der Waals surface area contributed by atoms with E-state index in [2.05, 4.69) is 14.9 Å². The molecular formula is C20H20Cl2N6O. The van der Waals surface area contributed by atoms with Crippen LogP contribution in [0, 0.1) is 5.21 Å². The van der Waals surface area contributed by atoms with Crippen molar-refractivity contribution in [2.24, 2.45) is 0 Å². The van der Waals surface area contributed by atoms with E-state index in [-0.39, 0.29) is 10.7 Å². The quantitative estimate of drug-likeness (QED) is 0.453. The van der Waals surface area contributed by atoms with Crippen LogP contribution in [0.15, 0.2) is 36.8 Å². The number of nitrogens with zero attached hydrogens (tertiary/aromatic N) is 6. The van der Waals surface area contributed by atoms with Crippen LogP contribution in [0.3, 0.4) is 0 Å². The zero-order chi connectivity index (χ0) is 20.2. The fourth-order valence-electron chi connectivity index (χ4n) is 4.07. The van der Waals surface area contributed by atoms with Crippen LogP contribution < -0.4 is 9.55 Å². The first-order valence-electron chi connectivity index (χ1n) is 9.63. The van der Waals surface area contributed by atoms with Crippen LogP contribution in [0.25, 0.3) is 17.3 Å². The van der Waals surface area contributed by atoms with Crippen molar-refractivity contribution in [3.8, 4) is 17.3 Å². The van der Waals surface area contributed by atoms with Crippen LogP contribution >= 0.6 is 23.2 Å². The lowest BCUT2D eigenvalue weighted by Crippen LogP contribution is -2.60. The average molecular weight is 431 g/mol. The first-order chi connectivity index (χ1) is 14.0. The Morgan fingerprint density at radius 2 is 1.90 bits per heavy atom. The second-order valence-electron chi connectivity index (χ2n) is 7.68. The number of imidazole rings is 1. The van der Waals surface area contributed by atoms with Gasteiger partial charge in [-0.1, -0.05) is 23.2 Å². The molecule has 1 fully saturated rings. The molecule has 3 heterocycles. The van der Waals surface area contributed by atoms with Crippen LogP contribution in [-0.4, -0.2) is 45.7 Å². The maximum Gasteiger partial charge on any atom is 0.256 e. The van der Waals surface area contributed by atoms with E-state index in [0.29, 0.717) is 40.7 Å². The third kappa shape index (κ3) is 3.09. The van der Waals surface area contributed by atoms with Crippen molar-refractivity contribution in [3.63, 3.8) is 0 Å². The molecule has 1 atom stereocenters. The first-order valence-corrected chi connectivity index (χ1v) is 10.4. The molecule has 0 radical (unpaired) electrons. The molecule has 1 saturated carbocycles. The SMILES string of the molecule is CN1CC[N+]([O-])(C2CCC2)c2nc(-n3ccnc3-c3cc(Cl)cc(Cl)c3)ncc21. The molecule has 3 aromatic rings. The first kappa shape index (κ1) is 18.8. The molecule has 150 valence electrons. The number of aromatic nitrogens is 4. The number of quaternary nitrogens is 1. The van der Waals surface area contributed by atoms with Gasteiger partial charge in [-0.2, -0.15) is 4.98 Å². The summed E-state index contributed by atoms with van der Waals surface area (Å²) in [6.45, 7) is 1.21. The maximum atomic E-state index is 13.8. The van der Waals surface area contributed by atoms with E-state index >= 15 is 0 Å². The average Bonchev–Trinajstić information content (AvgIpc) is 3.12. The number of likely N-dealkylation sites (N-methyl/N-ethyl adjacent to an activating group) is 1. The zero-order valence-corrected chi connectivity index (χ0v) is 17.4. The number of benzene rings is 1. The van der Waals surface area contributed by atoms with Crippen LogP contribution in [-0.2, 0) is 0 Å². The van der Waals surface area contributed by atoms with Gasteiger partial charge in [-0.3, -0.25) is 4.57 Å². The topological polar surface area (TPSA) is 69.9 Å². The molecule has 0 spiro atoms. The van der Waals surface area contributed by atoms with E-state index in [1.54, 1.807) is 41.4 Å². The van der Waals surface area contributed by atoms with Gasteiger partial charge in [-0.25, -0.2) is 9.97 Å². The lowest BCUT2D eigenvalue weighted by Gasteiger charge is -2.54. The summed E-state index contributed by atoms with van der Waals surface area (Å²) in [6, 6.07) is 5.34. The molecule has 1 unspecified atom stereocenters. The third-order valence-electron chi connectivity index (χ3n) is 5.92. The number of hydrogen-bond acceptors (Lipinski definition) is 5. The molecule has 2 aliphatic rings. The van der Waals surface area contributed by atoms with Crippen molar-refractivity contribution < 1.29 is 0 Å². The second-order valence-corrected chi connectivity index (χ2v) is 8.56. The molecule has 1 aliphatic heterocycles. The van der Waals surface area contributed by atoms with Crippen molar-refractivity contribution in [2.75, 3.05) is 25.0 Å². The van der Waals surface area contributed by atoms with Gasteiger partial charge in [0.05, 0.1) is 18.8 Å². The summed E-state index contributed by atoms with van der Waals surface area (Å²) < 4.78 is 1.39.